The topological polar surface area (TPSA) is 87.8 Å². The Morgan fingerprint density at radius 3 is 2.04 bits per heavy atom. The molecule has 1 aliphatic rings. The number of hydrogen-bond acceptors (Lipinski definition) is 6. The molecule has 3 rings (SSSR count). The van der Waals surface area contributed by atoms with E-state index >= 15 is 0 Å². The molecule has 0 aliphatic carbocycles. The SMILES string of the molecule is CC(C)N1C(N)N(c2ccccc2)C(N)N(c2cccc(F)c2F)C1N. The second-order valence-electron chi connectivity index (χ2n) is 6.50. The lowest BCUT2D eigenvalue weighted by atomic mass is 10.2. The maximum atomic E-state index is 14.5. The van der Waals surface area contributed by atoms with Gasteiger partial charge in [0.25, 0.3) is 0 Å². The van der Waals surface area contributed by atoms with Gasteiger partial charge in [-0.2, -0.15) is 0 Å². The largest absolute Gasteiger partial charge is 0.310 e. The van der Waals surface area contributed by atoms with Crippen molar-refractivity contribution in [2.75, 3.05) is 9.80 Å². The number of nitrogens with two attached hydrogens (primary N) is 3. The molecule has 1 saturated heterocycles. The zero-order valence-electron chi connectivity index (χ0n) is 14.8. The van der Waals surface area contributed by atoms with Crippen LogP contribution in [0.3, 0.4) is 0 Å². The molecular weight excluding hydrogens is 338 g/mol. The standard InChI is InChI=1S/C18H24F2N6/c1-11(2)24-16(21)25(12-7-4-3-5-8-12)18(23)26(17(24)22)14-10-6-9-13(19)15(14)20/h3-11,16-18H,21-23H2,1-2H3. The molecule has 26 heavy (non-hydrogen) atoms. The molecule has 0 saturated carbocycles. The van der Waals surface area contributed by atoms with Crippen molar-refractivity contribution < 1.29 is 8.78 Å². The van der Waals surface area contributed by atoms with E-state index in [0.717, 1.165) is 11.8 Å². The molecule has 0 bridgehead atoms. The van der Waals surface area contributed by atoms with E-state index < -0.39 is 30.5 Å². The summed E-state index contributed by atoms with van der Waals surface area (Å²) in [7, 11) is 0. The molecule has 0 radical (unpaired) electrons. The fourth-order valence-electron chi connectivity index (χ4n) is 3.38. The van der Waals surface area contributed by atoms with Crippen molar-refractivity contribution >= 4 is 11.4 Å². The number of hydrogen-bond donors (Lipinski definition) is 3. The summed E-state index contributed by atoms with van der Waals surface area (Å²) in [6.45, 7) is 3.86. The Morgan fingerprint density at radius 2 is 1.42 bits per heavy atom. The maximum absolute atomic E-state index is 14.5. The zero-order valence-corrected chi connectivity index (χ0v) is 14.8. The summed E-state index contributed by atoms with van der Waals surface area (Å²) in [6.07, 6.45) is -2.33. The van der Waals surface area contributed by atoms with Gasteiger partial charge in [0, 0.05) is 11.7 Å². The summed E-state index contributed by atoms with van der Waals surface area (Å²) in [5.41, 5.74) is 20.0. The highest BCUT2D eigenvalue weighted by atomic mass is 19.2. The predicted octanol–water partition coefficient (Wildman–Crippen LogP) is 1.73. The van der Waals surface area contributed by atoms with Crippen molar-refractivity contribution in [3.8, 4) is 0 Å². The van der Waals surface area contributed by atoms with E-state index in [9.17, 15) is 8.78 Å². The molecule has 6 nitrogen and oxygen atoms in total. The molecule has 0 amide bonds. The summed E-state index contributed by atoms with van der Waals surface area (Å²) >= 11 is 0. The molecule has 1 heterocycles. The fourth-order valence-corrected chi connectivity index (χ4v) is 3.38. The molecule has 0 spiro atoms. The minimum Gasteiger partial charge on any atom is -0.310 e. The minimum atomic E-state index is -0.995. The van der Waals surface area contributed by atoms with E-state index in [-0.39, 0.29) is 11.7 Å². The van der Waals surface area contributed by atoms with Gasteiger partial charge in [-0.1, -0.05) is 24.3 Å². The summed E-state index contributed by atoms with van der Waals surface area (Å²) in [4.78, 5) is 4.96. The van der Waals surface area contributed by atoms with E-state index in [2.05, 4.69) is 0 Å². The van der Waals surface area contributed by atoms with Crippen LogP contribution in [0.4, 0.5) is 20.2 Å². The Morgan fingerprint density at radius 1 is 0.808 bits per heavy atom. The monoisotopic (exact) mass is 362 g/mol. The van der Waals surface area contributed by atoms with Crippen LogP contribution in [-0.2, 0) is 0 Å². The highest BCUT2D eigenvalue weighted by Gasteiger charge is 2.44. The Labute approximate surface area is 151 Å². The van der Waals surface area contributed by atoms with Gasteiger partial charge in [-0.05, 0) is 38.1 Å². The molecule has 1 fully saturated rings. The number of anilines is 2. The molecular formula is C18H24F2N6. The molecule has 3 unspecified atom stereocenters. The van der Waals surface area contributed by atoms with Crippen LogP contribution in [0.1, 0.15) is 13.8 Å². The van der Waals surface area contributed by atoms with Crippen LogP contribution in [0.2, 0.25) is 0 Å². The zero-order chi connectivity index (χ0) is 19.0. The first-order valence-corrected chi connectivity index (χ1v) is 8.44. The van der Waals surface area contributed by atoms with Crippen LogP contribution >= 0.6 is 0 Å². The smallest absolute Gasteiger partial charge is 0.182 e. The summed E-state index contributed by atoms with van der Waals surface area (Å²) in [6, 6.07) is 13.2. The van der Waals surface area contributed by atoms with Crippen molar-refractivity contribution in [3.63, 3.8) is 0 Å². The van der Waals surface area contributed by atoms with Gasteiger partial charge in [-0.3, -0.25) is 17.2 Å². The molecule has 6 N–H and O–H groups in total. The van der Waals surface area contributed by atoms with Gasteiger partial charge in [-0.25, -0.2) is 13.7 Å². The van der Waals surface area contributed by atoms with Gasteiger partial charge < -0.3 is 9.80 Å². The first-order chi connectivity index (χ1) is 12.3. The number of halogens is 2. The van der Waals surface area contributed by atoms with Gasteiger partial charge in [0.15, 0.2) is 17.9 Å². The Hall–Kier alpha value is -2.26. The van der Waals surface area contributed by atoms with Crippen molar-refractivity contribution in [2.24, 2.45) is 17.2 Å². The molecule has 1 aliphatic heterocycles. The molecule has 8 heteroatoms. The van der Waals surface area contributed by atoms with Crippen LogP contribution in [0.5, 0.6) is 0 Å². The van der Waals surface area contributed by atoms with Gasteiger partial charge >= 0.3 is 0 Å². The van der Waals surface area contributed by atoms with Crippen molar-refractivity contribution in [1.82, 2.24) is 4.90 Å². The summed E-state index contributed by atoms with van der Waals surface area (Å²) in [5.74, 6) is -1.95. The third kappa shape index (κ3) is 3.01. The van der Waals surface area contributed by atoms with Gasteiger partial charge in [-0.15, -0.1) is 0 Å². The van der Waals surface area contributed by atoms with Gasteiger partial charge in [0.05, 0.1) is 5.69 Å². The molecule has 3 atom stereocenters. The lowest BCUT2D eigenvalue weighted by Gasteiger charge is -2.56. The predicted molar refractivity (Wildman–Crippen MR) is 98.7 cm³/mol. The lowest BCUT2D eigenvalue weighted by Crippen LogP contribution is -2.79. The lowest BCUT2D eigenvalue weighted by molar-refractivity contribution is 0.0523. The summed E-state index contributed by atoms with van der Waals surface area (Å²) < 4.78 is 28.3. The van der Waals surface area contributed by atoms with Crippen LogP contribution < -0.4 is 27.0 Å². The van der Waals surface area contributed by atoms with Crippen LogP contribution in [0.25, 0.3) is 0 Å². The number of para-hydroxylation sites is 1. The van der Waals surface area contributed by atoms with Crippen molar-refractivity contribution in [1.29, 1.82) is 0 Å². The van der Waals surface area contributed by atoms with Crippen LogP contribution in [0.15, 0.2) is 48.5 Å². The maximum Gasteiger partial charge on any atom is 0.182 e. The number of rotatable bonds is 3. The van der Waals surface area contributed by atoms with Crippen LogP contribution in [-0.4, -0.2) is 29.8 Å². The quantitative estimate of drug-likeness (QED) is 0.771. The number of benzene rings is 2. The van der Waals surface area contributed by atoms with Gasteiger partial charge in [0.2, 0.25) is 0 Å². The van der Waals surface area contributed by atoms with Crippen LogP contribution in [0, 0.1) is 11.6 Å². The second kappa shape index (κ2) is 7.16. The average Bonchev–Trinajstić information content (AvgIpc) is 2.59. The van der Waals surface area contributed by atoms with E-state index in [4.69, 9.17) is 17.2 Å². The van der Waals surface area contributed by atoms with E-state index in [1.165, 1.54) is 17.0 Å². The van der Waals surface area contributed by atoms with E-state index in [1.807, 2.05) is 44.2 Å². The first-order valence-electron chi connectivity index (χ1n) is 8.44. The molecule has 140 valence electrons. The Balaban J connectivity index is 2.12. The molecule has 2 aromatic rings. The fraction of sp³-hybridized carbons (Fsp3) is 0.333. The average molecular weight is 362 g/mol. The number of nitrogens with zero attached hydrogens (tertiary/aromatic N) is 3. The molecule has 2 aromatic carbocycles. The third-order valence-corrected chi connectivity index (χ3v) is 4.61. The van der Waals surface area contributed by atoms with E-state index in [1.54, 1.807) is 9.80 Å². The molecule has 0 aromatic heterocycles. The second-order valence-corrected chi connectivity index (χ2v) is 6.50. The Bertz CT molecular complexity index is 757. The highest BCUT2D eigenvalue weighted by Crippen LogP contribution is 2.32. The van der Waals surface area contributed by atoms with E-state index in [0.29, 0.717) is 0 Å². The van der Waals surface area contributed by atoms with Crippen molar-refractivity contribution in [2.45, 2.75) is 38.8 Å². The normalized spacial score (nSPS) is 24.4. The highest BCUT2D eigenvalue weighted by molar-refractivity contribution is 5.56. The Kier molecular flexibility index (Phi) is 5.10. The summed E-state index contributed by atoms with van der Waals surface area (Å²) in [5, 5.41) is 0. The third-order valence-electron chi connectivity index (χ3n) is 4.61. The first kappa shape index (κ1) is 18.5. The van der Waals surface area contributed by atoms with Crippen molar-refractivity contribution in [3.05, 3.63) is 60.2 Å². The minimum absolute atomic E-state index is 0.0107. The van der Waals surface area contributed by atoms with Gasteiger partial charge in [0.1, 0.15) is 12.6 Å².